The molecule has 1 atom stereocenters. The van der Waals surface area contributed by atoms with E-state index in [4.69, 9.17) is 5.73 Å². The van der Waals surface area contributed by atoms with Crippen LogP contribution in [0.15, 0.2) is 53.0 Å². The first-order chi connectivity index (χ1) is 8.68. The third-order valence-corrected chi connectivity index (χ3v) is 3.58. The Bertz CT molecular complexity index is 513. The summed E-state index contributed by atoms with van der Waals surface area (Å²) in [4.78, 5) is 0. The van der Waals surface area contributed by atoms with E-state index < -0.39 is 0 Å². The van der Waals surface area contributed by atoms with Crippen LogP contribution in [0.5, 0.6) is 0 Å². The van der Waals surface area contributed by atoms with Crippen LogP contribution < -0.4 is 5.73 Å². The van der Waals surface area contributed by atoms with Crippen molar-refractivity contribution in [3.63, 3.8) is 0 Å². The van der Waals surface area contributed by atoms with Crippen LogP contribution in [-0.4, -0.2) is 0 Å². The van der Waals surface area contributed by atoms with Crippen LogP contribution in [0.25, 0.3) is 0 Å². The maximum absolute atomic E-state index is 13.9. The third kappa shape index (κ3) is 3.18. The number of benzene rings is 2. The molecule has 2 aromatic rings. The van der Waals surface area contributed by atoms with Crippen molar-refractivity contribution in [2.24, 2.45) is 5.73 Å². The van der Waals surface area contributed by atoms with Crippen molar-refractivity contribution < 1.29 is 4.39 Å². The smallest absolute Gasteiger partial charge is 0.142 e. The average molecular weight is 308 g/mol. The largest absolute Gasteiger partial charge is 0.324 e. The fourth-order valence-corrected chi connectivity index (χ4v) is 2.31. The Hall–Kier alpha value is -1.19. The summed E-state index contributed by atoms with van der Waals surface area (Å²) in [5, 5.41) is 0. The van der Waals surface area contributed by atoms with Crippen molar-refractivity contribution >= 4 is 15.9 Å². The number of halogens is 2. The van der Waals surface area contributed by atoms with Crippen LogP contribution in [0.3, 0.4) is 0 Å². The van der Waals surface area contributed by atoms with Gasteiger partial charge in [0.25, 0.3) is 0 Å². The Morgan fingerprint density at radius 2 is 1.78 bits per heavy atom. The quantitative estimate of drug-likeness (QED) is 0.899. The second-order valence-electron chi connectivity index (χ2n) is 4.27. The van der Waals surface area contributed by atoms with Crippen LogP contribution in [-0.2, 0) is 6.42 Å². The molecule has 0 aromatic heterocycles. The highest BCUT2D eigenvalue weighted by Gasteiger charge is 2.13. The standard InChI is InChI=1S/C15H15BrFN/c16-13-8-4-7-12(15(13)17)14(18)10-9-11-5-2-1-3-6-11/h1-8,14H,9-10,18H2. The van der Waals surface area contributed by atoms with Crippen LogP contribution in [0.2, 0.25) is 0 Å². The van der Waals surface area contributed by atoms with Gasteiger partial charge in [0.1, 0.15) is 5.82 Å². The summed E-state index contributed by atoms with van der Waals surface area (Å²) in [6, 6.07) is 15.1. The molecule has 0 bridgehead atoms. The summed E-state index contributed by atoms with van der Waals surface area (Å²) >= 11 is 3.18. The van der Waals surface area contributed by atoms with Crippen molar-refractivity contribution in [3.05, 3.63) is 69.9 Å². The lowest BCUT2D eigenvalue weighted by Crippen LogP contribution is -2.13. The summed E-state index contributed by atoms with van der Waals surface area (Å²) in [5.41, 5.74) is 7.85. The van der Waals surface area contributed by atoms with Crippen molar-refractivity contribution in [2.75, 3.05) is 0 Å². The van der Waals surface area contributed by atoms with Gasteiger partial charge in [-0.2, -0.15) is 0 Å². The maximum atomic E-state index is 13.9. The number of nitrogens with two attached hydrogens (primary N) is 1. The van der Waals surface area contributed by atoms with E-state index in [0.717, 1.165) is 12.8 Å². The van der Waals surface area contributed by atoms with Gasteiger partial charge in [-0.05, 0) is 40.4 Å². The molecular formula is C15H15BrFN. The van der Waals surface area contributed by atoms with Gasteiger partial charge in [0.05, 0.1) is 4.47 Å². The maximum Gasteiger partial charge on any atom is 0.142 e. The summed E-state index contributed by atoms with van der Waals surface area (Å²) in [6.07, 6.45) is 1.59. The molecule has 0 spiro atoms. The minimum atomic E-state index is -0.275. The van der Waals surface area contributed by atoms with Crippen molar-refractivity contribution in [1.29, 1.82) is 0 Å². The Morgan fingerprint density at radius 3 is 2.50 bits per heavy atom. The number of rotatable bonds is 4. The zero-order chi connectivity index (χ0) is 13.0. The van der Waals surface area contributed by atoms with E-state index in [9.17, 15) is 4.39 Å². The Labute approximate surface area is 115 Å². The Kier molecular flexibility index (Phi) is 4.50. The van der Waals surface area contributed by atoms with Gasteiger partial charge >= 0.3 is 0 Å². The minimum absolute atomic E-state index is 0.252. The second-order valence-corrected chi connectivity index (χ2v) is 5.13. The van der Waals surface area contributed by atoms with Gasteiger partial charge in [-0.25, -0.2) is 4.39 Å². The van der Waals surface area contributed by atoms with Gasteiger partial charge in [0, 0.05) is 11.6 Å². The normalized spacial score (nSPS) is 12.4. The monoisotopic (exact) mass is 307 g/mol. The summed E-state index contributed by atoms with van der Waals surface area (Å²) in [7, 11) is 0. The predicted octanol–water partition coefficient (Wildman–Crippen LogP) is 4.22. The molecule has 0 fully saturated rings. The van der Waals surface area contributed by atoms with Crippen molar-refractivity contribution in [3.8, 4) is 0 Å². The minimum Gasteiger partial charge on any atom is -0.324 e. The van der Waals surface area contributed by atoms with Gasteiger partial charge in [-0.3, -0.25) is 0 Å². The zero-order valence-corrected chi connectivity index (χ0v) is 11.5. The van der Waals surface area contributed by atoms with Gasteiger partial charge in [-0.1, -0.05) is 42.5 Å². The zero-order valence-electron chi connectivity index (χ0n) is 9.94. The number of hydrogen-bond donors (Lipinski definition) is 1. The highest BCUT2D eigenvalue weighted by Crippen LogP contribution is 2.25. The molecule has 0 aliphatic rings. The lowest BCUT2D eigenvalue weighted by Gasteiger charge is -2.13. The molecule has 1 nitrogen and oxygen atoms in total. The van der Waals surface area contributed by atoms with E-state index in [0.29, 0.717) is 10.0 Å². The molecule has 2 N–H and O–H groups in total. The predicted molar refractivity (Wildman–Crippen MR) is 75.8 cm³/mol. The van der Waals surface area contributed by atoms with E-state index in [1.165, 1.54) is 5.56 Å². The summed E-state index contributed by atoms with van der Waals surface area (Å²) < 4.78 is 14.3. The van der Waals surface area contributed by atoms with Crippen LogP contribution in [0.1, 0.15) is 23.6 Å². The first-order valence-corrected chi connectivity index (χ1v) is 6.71. The van der Waals surface area contributed by atoms with E-state index in [1.807, 2.05) is 24.3 Å². The summed E-state index contributed by atoms with van der Waals surface area (Å²) in [6.45, 7) is 0. The van der Waals surface area contributed by atoms with Crippen LogP contribution in [0.4, 0.5) is 4.39 Å². The highest BCUT2D eigenvalue weighted by molar-refractivity contribution is 9.10. The second kappa shape index (κ2) is 6.12. The van der Waals surface area contributed by atoms with Gasteiger partial charge < -0.3 is 5.73 Å². The lowest BCUT2D eigenvalue weighted by molar-refractivity contribution is 0.559. The lowest BCUT2D eigenvalue weighted by atomic mass is 9.99. The molecule has 0 saturated heterocycles. The van der Waals surface area contributed by atoms with Gasteiger partial charge in [0.15, 0.2) is 0 Å². The van der Waals surface area contributed by atoms with Crippen molar-refractivity contribution in [1.82, 2.24) is 0 Å². The molecule has 1 unspecified atom stereocenters. The SMILES string of the molecule is NC(CCc1ccccc1)c1cccc(Br)c1F. The fourth-order valence-electron chi connectivity index (χ4n) is 1.93. The molecular weight excluding hydrogens is 293 g/mol. The fraction of sp³-hybridized carbons (Fsp3) is 0.200. The van der Waals surface area contributed by atoms with E-state index in [2.05, 4.69) is 28.1 Å². The average Bonchev–Trinajstić information content (AvgIpc) is 2.40. The number of aryl methyl sites for hydroxylation is 1. The van der Waals surface area contributed by atoms with E-state index in [1.54, 1.807) is 12.1 Å². The molecule has 3 heteroatoms. The Morgan fingerprint density at radius 1 is 1.06 bits per heavy atom. The molecule has 0 aliphatic heterocycles. The molecule has 0 saturated carbocycles. The van der Waals surface area contributed by atoms with E-state index >= 15 is 0 Å². The molecule has 2 rings (SSSR count). The van der Waals surface area contributed by atoms with Crippen LogP contribution in [0, 0.1) is 5.82 Å². The van der Waals surface area contributed by atoms with Gasteiger partial charge in [0.2, 0.25) is 0 Å². The first kappa shape index (κ1) is 13.2. The topological polar surface area (TPSA) is 26.0 Å². The molecule has 0 aliphatic carbocycles. The first-order valence-electron chi connectivity index (χ1n) is 5.92. The van der Waals surface area contributed by atoms with Crippen LogP contribution >= 0.6 is 15.9 Å². The molecule has 94 valence electrons. The molecule has 0 radical (unpaired) electrons. The van der Waals surface area contributed by atoms with E-state index in [-0.39, 0.29) is 11.9 Å². The Balaban J connectivity index is 2.04. The number of hydrogen-bond acceptors (Lipinski definition) is 1. The molecule has 2 aromatic carbocycles. The molecule has 18 heavy (non-hydrogen) atoms. The van der Waals surface area contributed by atoms with Crippen molar-refractivity contribution in [2.45, 2.75) is 18.9 Å². The third-order valence-electron chi connectivity index (χ3n) is 2.97. The highest BCUT2D eigenvalue weighted by atomic mass is 79.9. The molecule has 0 amide bonds. The molecule has 0 heterocycles. The van der Waals surface area contributed by atoms with Gasteiger partial charge in [-0.15, -0.1) is 0 Å². The summed E-state index contributed by atoms with van der Waals surface area (Å²) in [5.74, 6) is -0.252.